The van der Waals surface area contributed by atoms with Gasteiger partial charge in [0.1, 0.15) is 18.1 Å². The van der Waals surface area contributed by atoms with Gasteiger partial charge in [-0.15, -0.1) is 0 Å². The van der Waals surface area contributed by atoms with Crippen molar-refractivity contribution in [2.45, 2.75) is 49.9 Å². The van der Waals surface area contributed by atoms with Gasteiger partial charge in [-0.3, -0.25) is 24.2 Å². The van der Waals surface area contributed by atoms with Crippen LogP contribution < -0.4 is 38.9 Å². The number of carbonyl (C=O) groups is 5. The van der Waals surface area contributed by atoms with Crippen LogP contribution in [0.1, 0.15) is 24.8 Å². The van der Waals surface area contributed by atoms with E-state index >= 15 is 0 Å². The molecule has 0 aliphatic carbocycles. The van der Waals surface area contributed by atoms with Gasteiger partial charge in [-0.05, 0) is 24.8 Å². The van der Waals surface area contributed by atoms with Gasteiger partial charge in [0.15, 0.2) is 5.96 Å². The van der Waals surface area contributed by atoms with E-state index in [1.165, 1.54) is 0 Å². The smallest absolute Gasteiger partial charge is 0.326 e. The van der Waals surface area contributed by atoms with Gasteiger partial charge < -0.3 is 44.0 Å². The number of thiol groups is 1. The highest BCUT2D eigenvalue weighted by Gasteiger charge is 2.30. The number of aliphatic imine (C=N–C) groups is 1. The summed E-state index contributed by atoms with van der Waals surface area (Å²) in [7, 11) is 0. The van der Waals surface area contributed by atoms with Gasteiger partial charge in [-0.25, -0.2) is 4.79 Å². The molecule has 0 saturated carbocycles. The highest BCUT2D eigenvalue weighted by molar-refractivity contribution is 7.80. The number of aliphatic carboxylic acids is 1. The molecule has 0 aliphatic heterocycles. The molecule has 1 aromatic carbocycles. The fourth-order valence-corrected chi connectivity index (χ4v) is 3.41. The number of benzene rings is 1. The minimum atomic E-state index is -1.59. The summed E-state index contributed by atoms with van der Waals surface area (Å²) < 4.78 is 0. The fourth-order valence-electron chi connectivity index (χ4n) is 3.15. The minimum absolute atomic E-state index is 0.104. The first-order valence-corrected chi connectivity index (χ1v) is 12.0. The van der Waals surface area contributed by atoms with Crippen LogP contribution in [0.3, 0.4) is 0 Å². The van der Waals surface area contributed by atoms with Gasteiger partial charge in [0.25, 0.3) is 0 Å². The monoisotopic (exact) mass is 538 g/mol. The SMILES string of the molecule is NC(=O)CC(NC(=O)C(CS)NC(=O)C(CCCN=C(N)N)NC(=O)C(N)Cc1ccccc1)C(=O)O. The number of carboxylic acid groups (broad SMARTS) is 1. The van der Waals surface area contributed by atoms with Crippen LogP contribution in [0, 0.1) is 0 Å². The lowest BCUT2D eigenvalue weighted by Gasteiger charge is -2.24. The van der Waals surface area contributed by atoms with Crippen molar-refractivity contribution in [1.82, 2.24) is 16.0 Å². The molecule has 1 rings (SSSR count). The summed E-state index contributed by atoms with van der Waals surface area (Å²) in [6.45, 7) is 0.182. The summed E-state index contributed by atoms with van der Waals surface area (Å²) in [6.07, 6.45) is -0.00140. The molecule has 0 bridgehead atoms. The molecular weight excluding hydrogens is 504 g/mol. The summed E-state index contributed by atoms with van der Waals surface area (Å²) in [4.78, 5) is 64.5. The second-order valence-electron chi connectivity index (χ2n) is 8.12. The third-order valence-corrected chi connectivity index (χ3v) is 5.41. The first-order chi connectivity index (χ1) is 17.4. The minimum Gasteiger partial charge on any atom is -0.480 e. The van der Waals surface area contributed by atoms with Crippen molar-refractivity contribution < 1.29 is 29.1 Å². The topological polar surface area (TPSA) is 258 Å². The number of hydrogen-bond donors (Lipinski definition) is 9. The number of nitrogens with zero attached hydrogens (tertiary/aromatic N) is 1. The molecule has 0 saturated heterocycles. The molecule has 1 aromatic rings. The largest absolute Gasteiger partial charge is 0.480 e. The number of carbonyl (C=O) groups excluding carboxylic acids is 4. The Kier molecular flexibility index (Phi) is 13.5. The maximum atomic E-state index is 13.0. The van der Waals surface area contributed by atoms with Crippen LogP contribution >= 0.6 is 12.6 Å². The van der Waals surface area contributed by atoms with Crippen molar-refractivity contribution in [3.8, 4) is 0 Å². The fraction of sp³-hybridized carbons (Fsp3) is 0.455. The molecule has 0 spiro atoms. The van der Waals surface area contributed by atoms with Gasteiger partial charge in [0, 0.05) is 12.3 Å². The maximum Gasteiger partial charge on any atom is 0.326 e. The molecule has 37 heavy (non-hydrogen) atoms. The lowest BCUT2D eigenvalue weighted by Crippen LogP contribution is -2.58. The third kappa shape index (κ3) is 12.1. The second-order valence-corrected chi connectivity index (χ2v) is 8.48. The molecule has 0 fully saturated rings. The van der Waals surface area contributed by atoms with E-state index in [0.717, 1.165) is 5.56 Å². The molecule has 4 unspecified atom stereocenters. The Morgan fingerprint density at radius 3 is 2.00 bits per heavy atom. The number of carboxylic acids is 1. The van der Waals surface area contributed by atoms with Crippen LogP contribution in [0.5, 0.6) is 0 Å². The van der Waals surface area contributed by atoms with E-state index in [2.05, 4.69) is 33.6 Å². The predicted molar refractivity (Wildman–Crippen MR) is 139 cm³/mol. The molecular formula is C22H34N8O6S. The van der Waals surface area contributed by atoms with Crippen molar-refractivity contribution in [3.63, 3.8) is 0 Å². The Balaban J connectivity index is 2.92. The Morgan fingerprint density at radius 1 is 0.892 bits per heavy atom. The number of amides is 4. The van der Waals surface area contributed by atoms with E-state index in [-0.39, 0.29) is 31.1 Å². The lowest BCUT2D eigenvalue weighted by atomic mass is 10.0. The van der Waals surface area contributed by atoms with E-state index in [9.17, 15) is 29.1 Å². The average molecular weight is 539 g/mol. The Hall–Kier alpha value is -3.85. The van der Waals surface area contributed by atoms with Crippen LogP contribution in [0.2, 0.25) is 0 Å². The van der Waals surface area contributed by atoms with Gasteiger partial charge >= 0.3 is 5.97 Å². The number of guanidine groups is 1. The van der Waals surface area contributed by atoms with E-state index < -0.39 is 60.2 Å². The zero-order valence-electron chi connectivity index (χ0n) is 20.1. The quantitative estimate of drug-likeness (QED) is 0.0447. The average Bonchev–Trinajstić information content (AvgIpc) is 2.83. The molecule has 14 nitrogen and oxygen atoms in total. The molecule has 204 valence electrons. The molecule has 15 heteroatoms. The molecule has 0 aliphatic rings. The van der Waals surface area contributed by atoms with Crippen molar-refractivity contribution in [2.24, 2.45) is 27.9 Å². The van der Waals surface area contributed by atoms with Gasteiger partial charge in [0.2, 0.25) is 23.6 Å². The first kappa shape index (κ1) is 31.2. The second kappa shape index (κ2) is 16.0. The summed E-state index contributed by atoms with van der Waals surface area (Å²) in [5, 5.41) is 16.3. The van der Waals surface area contributed by atoms with Crippen LogP contribution in [-0.4, -0.2) is 77.1 Å². The molecule has 4 amide bonds. The van der Waals surface area contributed by atoms with E-state index in [1.807, 2.05) is 18.2 Å². The summed E-state index contributed by atoms with van der Waals surface area (Å²) in [5.74, 6) is -4.98. The summed E-state index contributed by atoms with van der Waals surface area (Å²) in [6, 6.07) is 4.13. The molecule has 12 N–H and O–H groups in total. The Labute approximate surface area is 219 Å². The standard InChI is InChI=1S/C22H34N8O6S/c23-13(9-12-5-2-1-3-6-12)18(32)28-14(7-4-8-27-22(25)26)19(33)30-16(11-37)20(34)29-15(21(35)36)10-17(24)31/h1-3,5-6,13-16,37H,4,7-11,23H2,(H2,24,31)(H,28,32)(H,29,34)(H,30,33)(H,35,36)(H4,25,26,27). The number of nitrogens with one attached hydrogen (secondary N) is 3. The first-order valence-electron chi connectivity index (χ1n) is 11.3. The summed E-state index contributed by atoms with van der Waals surface area (Å²) in [5.41, 5.74) is 22.5. The number of rotatable bonds is 16. The lowest BCUT2D eigenvalue weighted by molar-refractivity contribution is -0.143. The van der Waals surface area contributed by atoms with E-state index in [1.54, 1.807) is 12.1 Å². The highest BCUT2D eigenvalue weighted by atomic mass is 32.1. The maximum absolute atomic E-state index is 13.0. The van der Waals surface area contributed by atoms with Gasteiger partial charge in [-0.1, -0.05) is 30.3 Å². The zero-order chi connectivity index (χ0) is 28.0. The predicted octanol–water partition coefficient (Wildman–Crippen LogP) is -3.05. The van der Waals surface area contributed by atoms with E-state index in [4.69, 9.17) is 22.9 Å². The summed E-state index contributed by atoms with van der Waals surface area (Å²) >= 11 is 4.04. The Bertz CT molecular complexity index is 973. The molecule has 0 heterocycles. The van der Waals surface area contributed by atoms with Crippen molar-refractivity contribution in [2.75, 3.05) is 12.3 Å². The Morgan fingerprint density at radius 2 is 1.46 bits per heavy atom. The van der Waals surface area contributed by atoms with Crippen molar-refractivity contribution >= 4 is 48.2 Å². The van der Waals surface area contributed by atoms with Gasteiger partial charge in [-0.2, -0.15) is 12.6 Å². The molecule has 0 radical (unpaired) electrons. The normalized spacial score (nSPS) is 13.8. The van der Waals surface area contributed by atoms with Crippen molar-refractivity contribution in [1.29, 1.82) is 0 Å². The number of hydrogen-bond acceptors (Lipinski definition) is 8. The van der Waals surface area contributed by atoms with E-state index in [0.29, 0.717) is 6.42 Å². The van der Waals surface area contributed by atoms with Crippen LogP contribution in [-0.2, 0) is 30.4 Å². The number of primary amides is 1. The van der Waals surface area contributed by atoms with Crippen LogP contribution in [0.25, 0.3) is 0 Å². The zero-order valence-corrected chi connectivity index (χ0v) is 21.0. The molecule has 4 atom stereocenters. The highest BCUT2D eigenvalue weighted by Crippen LogP contribution is 2.05. The van der Waals surface area contributed by atoms with Crippen molar-refractivity contribution in [3.05, 3.63) is 35.9 Å². The third-order valence-electron chi connectivity index (χ3n) is 5.05. The van der Waals surface area contributed by atoms with Gasteiger partial charge in [0.05, 0.1) is 12.5 Å². The van der Waals surface area contributed by atoms with Crippen LogP contribution in [0.4, 0.5) is 0 Å². The molecule has 0 aromatic heterocycles. The number of nitrogens with two attached hydrogens (primary N) is 4. The van der Waals surface area contributed by atoms with Crippen LogP contribution in [0.15, 0.2) is 35.3 Å².